The highest BCUT2D eigenvalue weighted by Gasteiger charge is 2.10. The lowest BCUT2D eigenvalue weighted by molar-refractivity contribution is 0.0925. The van der Waals surface area contributed by atoms with Gasteiger partial charge in [-0.05, 0) is 44.7 Å². The third kappa shape index (κ3) is 3.44. The van der Waals surface area contributed by atoms with Gasteiger partial charge >= 0.3 is 5.91 Å². The summed E-state index contributed by atoms with van der Waals surface area (Å²) in [7, 11) is 0. The van der Waals surface area contributed by atoms with E-state index in [2.05, 4.69) is 10.5 Å². The summed E-state index contributed by atoms with van der Waals surface area (Å²) in [6, 6.07) is 3.44. The molecule has 1 fully saturated rings. The molecule has 0 spiro atoms. The average molecular weight is 234 g/mol. The van der Waals surface area contributed by atoms with Crippen molar-refractivity contribution in [1.82, 2.24) is 5.43 Å². The van der Waals surface area contributed by atoms with E-state index in [1.807, 2.05) is 6.92 Å². The predicted octanol–water partition coefficient (Wildman–Crippen LogP) is 3.03. The van der Waals surface area contributed by atoms with Crippen molar-refractivity contribution in [2.45, 2.75) is 45.4 Å². The first kappa shape index (κ1) is 11.9. The fourth-order valence-electron chi connectivity index (χ4n) is 1.99. The maximum absolute atomic E-state index is 11.7. The minimum Gasteiger partial charge on any atom is -0.456 e. The van der Waals surface area contributed by atoms with Crippen LogP contribution >= 0.6 is 0 Å². The van der Waals surface area contributed by atoms with Crippen LogP contribution in [0.1, 0.15) is 54.8 Å². The summed E-state index contributed by atoms with van der Waals surface area (Å²) in [5.74, 6) is 0.785. The molecule has 0 aromatic carbocycles. The quantitative estimate of drug-likeness (QED) is 0.631. The highest BCUT2D eigenvalue weighted by Crippen LogP contribution is 2.14. The smallest absolute Gasteiger partial charge is 0.307 e. The van der Waals surface area contributed by atoms with Gasteiger partial charge in [0.1, 0.15) is 5.76 Å². The van der Waals surface area contributed by atoms with Gasteiger partial charge in [0.2, 0.25) is 0 Å². The molecule has 17 heavy (non-hydrogen) atoms. The number of furan rings is 1. The van der Waals surface area contributed by atoms with Crippen LogP contribution in [0.4, 0.5) is 0 Å². The zero-order valence-corrected chi connectivity index (χ0v) is 10.2. The Kier molecular flexibility index (Phi) is 3.96. The first-order valence-electron chi connectivity index (χ1n) is 6.18. The molecule has 1 heterocycles. The van der Waals surface area contributed by atoms with Crippen LogP contribution in [0.25, 0.3) is 0 Å². The molecule has 0 atom stereocenters. The number of carbonyl (C=O) groups is 1. The van der Waals surface area contributed by atoms with Crippen LogP contribution in [-0.2, 0) is 0 Å². The van der Waals surface area contributed by atoms with Gasteiger partial charge in [0.15, 0.2) is 5.76 Å². The Balaban J connectivity index is 1.92. The Morgan fingerprint density at radius 1 is 1.24 bits per heavy atom. The Morgan fingerprint density at radius 3 is 2.53 bits per heavy atom. The van der Waals surface area contributed by atoms with E-state index in [0.29, 0.717) is 5.76 Å². The second kappa shape index (κ2) is 5.66. The van der Waals surface area contributed by atoms with Crippen LogP contribution in [0.2, 0.25) is 0 Å². The molecule has 1 saturated carbocycles. The SMILES string of the molecule is Cc1ccc(C(=O)NN=C2CCCCCC2)o1. The molecule has 1 aromatic rings. The number of aryl methyl sites for hydroxylation is 1. The largest absolute Gasteiger partial charge is 0.456 e. The topological polar surface area (TPSA) is 54.6 Å². The molecule has 4 heteroatoms. The van der Waals surface area contributed by atoms with Crippen molar-refractivity contribution in [3.8, 4) is 0 Å². The zero-order chi connectivity index (χ0) is 12.1. The molecule has 0 aliphatic heterocycles. The van der Waals surface area contributed by atoms with E-state index in [1.165, 1.54) is 25.7 Å². The molecule has 4 nitrogen and oxygen atoms in total. The fraction of sp³-hybridized carbons (Fsp3) is 0.538. The lowest BCUT2D eigenvalue weighted by atomic mass is 10.2. The van der Waals surface area contributed by atoms with Crippen molar-refractivity contribution in [2.75, 3.05) is 0 Å². The molecular weight excluding hydrogens is 216 g/mol. The second-order valence-electron chi connectivity index (χ2n) is 4.44. The Labute approximate surface area is 101 Å². The van der Waals surface area contributed by atoms with Gasteiger partial charge in [0, 0.05) is 5.71 Å². The Morgan fingerprint density at radius 2 is 1.94 bits per heavy atom. The van der Waals surface area contributed by atoms with Crippen molar-refractivity contribution in [1.29, 1.82) is 0 Å². The third-order valence-electron chi connectivity index (χ3n) is 2.96. The normalized spacial score (nSPS) is 16.4. The average Bonchev–Trinajstić information content (AvgIpc) is 2.61. The standard InChI is InChI=1S/C13H18N2O2/c1-10-8-9-12(17-10)13(16)15-14-11-6-4-2-3-5-7-11/h8-9H,2-7H2,1H3,(H,15,16). The second-order valence-corrected chi connectivity index (χ2v) is 4.44. The van der Waals surface area contributed by atoms with Gasteiger partial charge in [-0.3, -0.25) is 4.79 Å². The van der Waals surface area contributed by atoms with Crippen molar-refractivity contribution in [2.24, 2.45) is 5.10 Å². The highest BCUT2D eigenvalue weighted by molar-refractivity contribution is 5.93. The number of amides is 1. The van der Waals surface area contributed by atoms with E-state index in [4.69, 9.17) is 4.42 Å². The van der Waals surface area contributed by atoms with E-state index < -0.39 is 0 Å². The number of rotatable bonds is 2. The van der Waals surface area contributed by atoms with Gasteiger partial charge in [-0.15, -0.1) is 0 Å². The van der Waals surface area contributed by atoms with Gasteiger partial charge in [-0.1, -0.05) is 12.8 Å². The summed E-state index contributed by atoms with van der Waals surface area (Å²) >= 11 is 0. The molecule has 92 valence electrons. The lowest BCUT2D eigenvalue weighted by Gasteiger charge is -2.01. The van der Waals surface area contributed by atoms with Gasteiger partial charge in [-0.2, -0.15) is 5.10 Å². The Hall–Kier alpha value is -1.58. The van der Waals surface area contributed by atoms with Crippen molar-refractivity contribution >= 4 is 11.6 Å². The predicted molar refractivity (Wildman–Crippen MR) is 66.0 cm³/mol. The molecule has 1 aliphatic rings. The monoisotopic (exact) mass is 234 g/mol. The van der Waals surface area contributed by atoms with Crippen molar-refractivity contribution in [3.05, 3.63) is 23.7 Å². The number of hydrogen-bond donors (Lipinski definition) is 1. The molecular formula is C13H18N2O2. The van der Waals surface area contributed by atoms with Crippen LogP contribution in [0.15, 0.2) is 21.7 Å². The summed E-state index contributed by atoms with van der Waals surface area (Å²) < 4.78 is 5.23. The molecule has 1 N–H and O–H groups in total. The van der Waals surface area contributed by atoms with Crippen molar-refractivity contribution < 1.29 is 9.21 Å². The van der Waals surface area contributed by atoms with Crippen LogP contribution in [0.5, 0.6) is 0 Å². The minimum atomic E-state index is -0.269. The number of hydrazone groups is 1. The summed E-state index contributed by atoms with van der Waals surface area (Å²) in [5, 5.41) is 4.19. The van der Waals surface area contributed by atoms with E-state index in [-0.39, 0.29) is 5.91 Å². The summed E-state index contributed by atoms with van der Waals surface area (Å²) in [6.45, 7) is 1.81. The molecule has 1 amide bonds. The van der Waals surface area contributed by atoms with Gasteiger partial charge < -0.3 is 4.42 Å². The first-order valence-corrected chi connectivity index (χ1v) is 6.18. The molecule has 0 bridgehead atoms. The molecule has 0 radical (unpaired) electrons. The van der Waals surface area contributed by atoms with Gasteiger partial charge in [-0.25, -0.2) is 5.43 Å². The summed E-state index contributed by atoms with van der Waals surface area (Å²) in [6.07, 6.45) is 6.88. The molecule has 1 aliphatic carbocycles. The minimum absolute atomic E-state index is 0.269. The third-order valence-corrected chi connectivity index (χ3v) is 2.96. The van der Waals surface area contributed by atoms with Gasteiger partial charge in [0.25, 0.3) is 0 Å². The summed E-state index contributed by atoms with van der Waals surface area (Å²) in [4.78, 5) is 11.7. The van der Waals surface area contributed by atoms with Crippen molar-refractivity contribution in [3.63, 3.8) is 0 Å². The molecule has 1 aromatic heterocycles. The maximum Gasteiger partial charge on any atom is 0.307 e. The highest BCUT2D eigenvalue weighted by atomic mass is 16.3. The Bertz CT molecular complexity index is 411. The van der Waals surface area contributed by atoms with E-state index in [1.54, 1.807) is 12.1 Å². The van der Waals surface area contributed by atoms with E-state index in [9.17, 15) is 4.79 Å². The number of hydrogen-bond acceptors (Lipinski definition) is 3. The van der Waals surface area contributed by atoms with E-state index in [0.717, 1.165) is 24.3 Å². The first-order chi connectivity index (χ1) is 8.25. The number of nitrogens with one attached hydrogen (secondary N) is 1. The van der Waals surface area contributed by atoms with Gasteiger partial charge in [0.05, 0.1) is 0 Å². The fourth-order valence-corrected chi connectivity index (χ4v) is 1.99. The number of carbonyl (C=O) groups excluding carboxylic acids is 1. The lowest BCUT2D eigenvalue weighted by Crippen LogP contribution is -2.19. The summed E-state index contributed by atoms with van der Waals surface area (Å²) in [5.41, 5.74) is 3.66. The molecule has 0 saturated heterocycles. The van der Waals surface area contributed by atoms with Crippen LogP contribution < -0.4 is 5.43 Å². The van der Waals surface area contributed by atoms with E-state index >= 15 is 0 Å². The molecule has 2 rings (SSSR count). The zero-order valence-electron chi connectivity index (χ0n) is 10.2. The van der Waals surface area contributed by atoms with Crippen LogP contribution in [0, 0.1) is 6.92 Å². The van der Waals surface area contributed by atoms with Crippen LogP contribution in [0.3, 0.4) is 0 Å². The van der Waals surface area contributed by atoms with Crippen LogP contribution in [-0.4, -0.2) is 11.6 Å². The molecule has 0 unspecified atom stereocenters. The maximum atomic E-state index is 11.7. The number of nitrogens with zero attached hydrogens (tertiary/aromatic N) is 1.